The Labute approximate surface area is 95.9 Å². The van der Waals surface area contributed by atoms with Gasteiger partial charge in [0.15, 0.2) is 0 Å². The van der Waals surface area contributed by atoms with Crippen molar-refractivity contribution in [1.82, 2.24) is 5.32 Å². The molecule has 14 heavy (non-hydrogen) atoms. The Morgan fingerprint density at radius 3 is 2.57 bits per heavy atom. The van der Waals surface area contributed by atoms with Gasteiger partial charge in [-0.25, -0.2) is 0 Å². The Kier molecular flexibility index (Phi) is 6.06. The van der Waals surface area contributed by atoms with Crippen LogP contribution in [0.3, 0.4) is 0 Å². The fraction of sp³-hybridized carbons (Fsp3) is 1.00. The van der Waals surface area contributed by atoms with E-state index in [2.05, 4.69) is 35.1 Å². The summed E-state index contributed by atoms with van der Waals surface area (Å²) in [5.74, 6) is 1.53. The van der Waals surface area contributed by atoms with E-state index in [1.165, 1.54) is 12.8 Å². The maximum Gasteiger partial charge on any atom is 0.0469 e. The standard InChI is InChI=1S/C11H22BrNO/c1-9(7-12)10(2)13-8-11-3-5-14-6-4-11/h9-11,13H,3-8H2,1-2H3. The summed E-state index contributed by atoms with van der Waals surface area (Å²) in [6.07, 6.45) is 2.45. The van der Waals surface area contributed by atoms with Crippen molar-refractivity contribution in [3.8, 4) is 0 Å². The molecule has 0 amide bonds. The Bertz CT molecular complexity index is 146. The summed E-state index contributed by atoms with van der Waals surface area (Å²) in [5.41, 5.74) is 0. The van der Waals surface area contributed by atoms with Crippen LogP contribution in [0.1, 0.15) is 26.7 Å². The van der Waals surface area contributed by atoms with E-state index in [0.29, 0.717) is 12.0 Å². The van der Waals surface area contributed by atoms with E-state index in [1.807, 2.05) is 0 Å². The number of halogens is 1. The Balaban J connectivity index is 2.12. The minimum absolute atomic E-state index is 0.609. The molecule has 0 aliphatic carbocycles. The first-order valence-electron chi connectivity index (χ1n) is 5.61. The third-order valence-electron chi connectivity index (χ3n) is 3.17. The number of nitrogens with one attached hydrogen (secondary N) is 1. The van der Waals surface area contributed by atoms with Gasteiger partial charge in [-0.2, -0.15) is 0 Å². The van der Waals surface area contributed by atoms with Crippen molar-refractivity contribution in [2.75, 3.05) is 25.1 Å². The molecule has 0 bridgehead atoms. The molecule has 3 heteroatoms. The van der Waals surface area contributed by atoms with Crippen LogP contribution in [0.15, 0.2) is 0 Å². The predicted octanol–water partition coefficient (Wildman–Crippen LogP) is 2.42. The molecule has 0 aromatic carbocycles. The van der Waals surface area contributed by atoms with Crippen LogP contribution in [-0.2, 0) is 4.74 Å². The fourth-order valence-electron chi connectivity index (χ4n) is 1.64. The Morgan fingerprint density at radius 2 is 2.00 bits per heavy atom. The normalized spacial score (nSPS) is 23.4. The molecule has 0 saturated carbocycles. The topological polar surface area (TPSA) is 21.3 Å². The first-order chi connectivity index (χ1) is 6.74. The van der Waals surface area contributed by atoms with Gasteiger partial charge in [0.1, 0.15) is 0 Å². The van der Waals surface area contributed by atoms with E-state index >= 15 is 0 Å². The van der Waals surface area contributed by atoms with E-state index < -0.39 is 0 Å². The van der Waals surface area contributed by atoms with Crippen molar-refractivity contribution in [2.24, 2.45) is 11.8 Å². The molecule has 0 aromatic heterocycles. The highest BCUT2D eigenvalue weighted by molar-refractivity contribution is 9.09. The van der Waals surface area contributed by atoms with Crippen LogP contribution in [0.5, 0.6) is 0 Å². The first-order valence-corrected chi connectivity index (χ1v) is 6.73. The summed E-state index contributed by atoms with van der Waals surface area (Å²) in [6.45, 7) is 7.60. The molecule has 1 rings (SSSR count). The average molecular weight is 264 g/mol. The lowest BCUT2D eigenvalue weighted by molar-refractivity contribution is 0.0652. The SMILES string of the molecule is CC(CBr)C(C)NCC1CCOCC1. The molecular formula is C11H22BrNO. The van der Waals surface area contributed by atoms with Gasteiger partial charge in [0.25, 0.3) is 0 Å². The zero-order valence-electron chi connectivity index (χ0n) is 9.26. The Morgan fingerprint density at radius 1 is 1.36 bits per heavy atom. The minimum Gasteiger partial charge on any atom is -0.381 e. The lowest BCUT2D eigenvalue weighted by atomic mass is 9.99. The van der Waals surface area contributed by atoms with Crippen molar-refractivity contribution < 1.29 is 4.74 Å². The average Bonchev–Trinajstić information content (AvgIpc) is 2.26. The lowest BCUT2D eigenvalue weighted by Crippen LogP contribution is -2.37. The number of alkyl halides is 1. The van der Waals surface area contributed by atoms with Gasteiger partial charge in [0.05, 0.1) is 0 Å². The molecule has 84 valence electrons. The van der Waals surface area contributed by atoms with E-state index in [-0.39, 0.29) is 0 Å². The molecule has 2 atom stereocenters. The molecule has 0 radical (unpaired) electrons. The molecule has 1 fully saturated rings. The summed E-state index contributed by atoms with van der Waals surface area (Å²) >= 11 is 3.52. The summed E-state index contributed by atoms with van der Waals surface area (Å²) in [6, 6.07) is 0.609. The summed E-state index contributed by atoms with van der Waals surface area (Å²) in [5, 5.41) is 4.70. The van der Waals surface area contributed by atoms with Gasteiger partial charge in [-0.05, 0) is 38.1 Å². The van der Waals surface area contributed by atoms with Crippen LogP contribution < -0.4 is 5.32 Å². The van der Waals surface area contributed by atoms with Crippen LogP contribution in [0.25, 0.3) is 0 Å². The molecule has 0 aromatic rings. The van der Waals surface area contributed by atoms with Crippen molar-refractivity contribution in [2.45, 2.75) is 32.7 Å². The second-order valence-corrected chi connectivity index (χ2v) is 5.03. The van der Waals surface area contributed by atoms with Gasteiger partial charge in [0.2, 0.25) is 0 Å². The molecule has 0 spiro atoms. The largest absolute Gasteiger partial charge is 0.381 e. The van der Waals surface area contributed by atoms with Gasteiger partial charge in [-0.3, -0.25) is 0 Å². The van der Waals surface area contributed by atoms with E-state index in [0.717, 1.165) is 31.0 Å². The molecule has 2 unspecified atom stereocenters. The number of hydrogen-bond acceptors (Lipinski definition) is 2. The highest BCUT2D eigenvalue weighted by atomic mass is 79.9. The quantitative estimate of drug-likeness (QED) is 0.770. The third-order valence-corrected chi connectivity index (χ3v) is 4.19. The van der Waals surface area contributed by atoms with Crippen molar-refractivity contribution in [1.29, 1.82) is 0 Å². The predicted molar refractivity (Wildman–Crippen MR) is 64.0 cm³/mol. The van der Waals surface area contributed by atoms with Crippen LogP contribution in [-0.4, -0.2) is 31.1 Å². The molecule has 1 saturated heterocycles. The highest BCUT2D eigenvalue weighted by Gasteiger charge is 2.16. The number of hydrogen-bond donors (Lipinski definition) is 1. The minimum atomic E-state index is 0.609. The van der Waals surface area contributed by atoms with Crippen LogP contribution in [0.4, 0.5) is 0 Å². The smallest absolute Gasteiger partial charge is 0.0469 e. The van der Waals surface area contributed by atoms with Gasteiger partial charge in [-0.1, -0.05) is 22.9 Å². The fourth-order valence-corrected chi connectivity index (χ4v) is 2.20. The maximum absolute atomic E-state index is 5.34. The second-order valence-electron chi connectivity index (χ2n) is 4.38. The molecule has 1 heterocycles. The molecular weight excluding hydrogens is 242 g/mol. The third kappa shape index (κ3) is 4.28. The van der Waals surface area contributed by atoms with E-state index in [9.17, 15) is 0 Å². The summed E-state index contributed by atoms with van der Waals surface area (Å²) in [7, 11) is 0. The highest BCUT2D eigenvalue weighted by Crippen LogP contribution is 2.14. The molecule has 1 N–H and O–H groups in total. The summed E-state index contributed by atoms with van der Waals surface area (Å²) < 4.78 is 5.34. The Hall–Kier alpha value is 0.400. The van der Waals surface area contributed by atoms with Crippen molar-refractivity contribution in [3.63, 3.8) is 0 Å². The number of rotatable bonds is 5. The van der Waals surface area contributed by atoms with Gasteiger partial charge in [-0.15, -0.1) is 0 Å². The maximum atomic E-state index is 5.34. The lowest BCUT2D eigenvalue weighted by Gasteiger charge is -2.26. The van der Waals surface area contributed by atoms with Crippen LogP contribution in [0.2, 0.25) is 0 Å². The summed E-state index contributed by atoms with van der Waals surface area (Å²) in [4.78, 5) is 0. The van der Waals surface area contributed by atoms with Gasteiger partial charge >= 0.3 is 0 Å². The zero-order valence-corrected chi connectivity index (χ0v) is 10.8. The zero-order chi connectivity index (χ0) is 10.4. The van der Waals surface area contributed by atoms with Crippen molar-refractivity contribution in [3.05, 3.63) is 0 Å². The van der Waals surface area contributed by atoms with E-state index in [4.69, 9.17) is 4.74 Å². The van der Waals surface area contributed by atoms with E-state index in [1.54, 1.807) is 0 Å². The second kappa shape index (κ2) is 6.81. The van der Waals surface area contributed by atoms with Crippen molar-refractivity contribution >= 4 is 15.9 Å². The van der Waals surface area contributed by atoms with Crippen LogP contribution >= 0.6 is 15.9 Å². The van der Waals surface area contributed by atoms with Gasteiger partial charge < -0.3 is 10.1 Å². The van der Waals surface area contributed by atoms with Crippen LogP contribution in [0, 0.1) is 11.8 Å². The molecule has 2 nitrogen and oxygen atoms in total. The molecule has 1 aliphatic rings. The number of ether oxygens (including phenoxy) is 1. The first kappa shape index (κ1) is 12.5. The molecule has 1 aliphatic heterocycles. The van der Waals surface area contributed by atoms with Gasteiger partial charge in [0, 0.05) is 24.6 Å². The monoisotopic (exact) mass is 263 g/mol.